The van der Waals surface area contributed by atoms with Crippen molar-refractivity contribution in [3.05, 3.63) is 62.5 Å². The summed E-state index contributed by atoms with van der Waals surface area (Å²) in [4.78, 5) is 31.4. The van der Waals surface area contributed by atoms with Gasteiger partial charge in [0.05, 0.1) is 16.7 Å². The minimum Gasteiger partial charge on any atom is -0.325 e. The van der Waals surface area contributed by atoms with Crippen LogP contribution in [0.2, 0.25) is 10.0 Å². The second-order valence-corrected chi connectivity index (χ2v) is 11.0. The van der Waals surface area contributed by atoms with E-state index in [4.69, 9.17) is 28.0 Å². The standard InChI is InChI=1S/C24H23BrCl2N2O3/c1-22(2)23(3)8-9-24(22,21(31)28-16-11-14(26)10-15(27)12-16)13-19(23)29-32-20(30)17-6-4-5-7-18(17)25/h4-7,10-12H,8-9,13H2,1-3H3,(H,28,31). The van der Waals surface area contributed by atoms with E-state index in [0.29, 0.717) is 38.6 Å². The predicted molar refractivity (Wildman–Crippen MR) is 130 cm³/mol. The number of carbonyl (C=O) groups excluding carboxylic acids is 2. The lowest BCUT2D eigenvalue weighted by atomic mass is 9.64. The summed E-state index contributed by atoms with van der Waals surface area (Å²) in [5, 5.41) is 8.18. The number of hydrogen-bond acceptors (Lipinski definition) is 4. The molecule has 168 valence electrons. The van der Waals surface area contributed by atoms with Crippen molar-refractivity contribution in [1.29, 1.82) is 0 Å². The third kappa shape index (κ3) is 3.57. The molecule has 0 saturated heterocycles. The molecular formula is C24H23BrCl2N2O3. The average Bonchev–Trinajstić information content (AvgIpc) is 3.02. The molecule has 2 fully saturated rings. The Morgan fingerprint density at radius 1 is 1.06 bits per heavy atom. The van der Waals surface area contributed by atoms with Gasteiger partial charge in [-0.1, -0.05) is 61.3 Å². The van der Waals surface area contributed by atoms with Gasteiger partial charge in [-0.25, -0.2) is 4.79 Å². The van der Waals surface area contributed by atoms with E-state index >= 15 is 0 Å². The summed E-state index contributed by atoms with van der Waals surface area (Å²) in [5.74, 6) is -0.645. The van der Waals surface area contributed by atoms with E-state index in [1.54, 1.807) is 36.4 Å². The maximum atomic E-state index is 13.6. The van der Waals surface area contributed by atoms with Gasteiger partial charge in [-0.3, -0.25) is 4.79 Å². The second kappa shape index (κ2) is 8.15. The Bertz CT molecular complexity index is 1130. The molecule has 0 aliphatic heterocycles. The number of rotatable bonds is 4. The smallest absolute Gasteiger partial charge is 0.325 e. The molecule has 0 spiro atoms. The summed E-state index contributed by atoms with van der Waals surface area (Å²) in [6.45, 7) is 6.27. The summed E-state index contributed by atoms with van der Waals surface area (Å²) in [7, 11) is 0. The van der Waals surface area contributed by atoms with Crippen molar-refractivity contribution in [1.82, 2.24) is 0 Å². The number of nitrogens with one attached hydrogen (secondary N) is 1. The van der Waals surface area contributed by atoms with Crippen LogP contribution in [0.5, 0.6) is 0 Å². The molecule has 2 bridgehead atoms. The number of halogens is 3. The van der Waals surface area contributed by atoms with Gasteiger partial charge in [0.15, 0.2) is 0 Å². The normalized spacial score (nSPS) is 26.9. The Morgan fingerprint density at radius 2 is 1.72 bits per heavy atom. The number of amides is 1. The minimum atomic E-state index is -0.685. The predicted octanol–water partition coefficient (Wildman–Crippen LogP) is 7.12. The molecule has 1 amide bonds. The first-order valence-electron chi connectivity index (χ1n) is 10.3. The summed E-state index contributed by atoms with van der Waals surface area (Å²) in [5.41, 5.74) is 0.227. The lowest BCUT2D eigenvalue weighted by molar-refractivity contribution is -0.130. The van der Waals surface area contributed by atoms with E-state index in [1.807, 2.05) is 6.07 Å². The monoisotopic (exact) mass is 536 g/mol. The maximum absolute atomic E-state index is 13.6. The zero-order valence-corrected chi connectivity index (χ0v) is 21.1. The van der Waals surface area contributed by atoms with Crippen molar-refractivity contribution in [2.45, 2.75) is 40.0 Å². The van der Waals surface area contributed by atoms with E-state index in [2.05, 4.69) is 47.2 Å². The van der Waals surface area contributed by atoms with Gasteiger partial charge in [0, 0.05) is 32.0 Å². The molecule has 2 unspecified atom stereocenters. The van der Waals surface area contributed by atoms with Gasteiger partial charge in [-0.2, -0.15) is 0 Å². The number of nitrogens with zero attached hydrogens (tertiary/aromatic N) is 1. The fourth-order valence-electron chi connectivity index (χ4n) is 5.17. The van der Waals surface area contributed by atoms with Gasteiger partial charge in [-0.15, -0.1) is 0 Å². The molecule has 2 atom stereocenters. The molecular weight excluding hydrogens is 515 g/mol. The number of carbonyl (C=O) groups is 2. The van der Waals surface area contributed by atoms with E-state index in [9.17, 15) is 9.59 Å². The van der Waals surface area contributed by atoms with Crippen LogP contribution in [-0.4, -0.2) is 17.6 Å². The van der Waals surface area contributed by atoms with E-state index in [0.717, 1.165) is 12.1 Å². The summed E-state index contributed by atoms with van der Waals surface area (Å²) in [6.07, 6.45) is 1.91. The molecule has 0 aromatic heterocycles. The van der Waals surface area contributed by atoms with Crippen LogP contribution in [0.25, 0.3) is 0 Å². The fourth-order valence-corrected chi connectivity index (χ4v) is 6.14. The SMILES string of the molecule is CC12CCC(C(=O)Nc3cc(Cl)cc(Cl)c3)(CC1=NOC(=O)c1ccccc1Br)C2(C)C. The van der Waals surface area contributed by atoms with Crippen LogP contribution in [0.1, 0.15) is 50.4 Å². The average molecular weight is 538 g/mol. The van der Waals surface area contributed by atoms with Crippen molar-refractivity contribution in [2.24, 2.45) is 21.4 Å². The quantitative estimate of drug-likeness (QED) is 0.333. The Hall–Kier alpha value is -1.89. The fraction of sp³-hybridized carbons (Fsp3) is 0.375. The highest BCUT2D eigenvalue weighted by molar-refractivity contribution is 9.10. The van der Waals surface area contributed by atoms with Gasteiger partial charge >= 0.3 is 5.97 Å². The Kier molecular flexibility index (Phi) is 5.93. The van der Waals surface area contributed by atoms with Gasteiger partial charge in [0.2, 0.25) is 5.91 Å². The first-order chi connectivity index (χ1) is 15.0. The number of hydrogen-bond donors (Lipinski definition) is 1. The molecule has 2 aliphatic rings. The highest BCUT2D eigenvalue weighted by Crippen LogP contribution is 2.71. The van der Waals surface area contributed by atoms with Gasteiger partial charge in [0.1, 0.15) is 0 Å². The number of benzene rings is 2. The van der Waals surface area contributed by atoms with Crippen molar-refractivity contribution in [3.8, 4) is 0 Å². The minimum absolute atomic E-state index is 0.105. The van der Waals surface area contributed by atoms with Crippen LogP contribution >= 0.6 is 39.1 Å². The van der Waals surface area contributed by atoms with Crippen LogP contribution < -0.4 is 5.32 Å². The van der Waals surface area contributed by atoms with E-state index in [-0.39, 0.29) is 11.3 Å². The maximum Gasteiger partial charge on any atom is 0.366 e. The number of anilines is 1. The highest BCUT2D eigenvalue weighted by Gasteiger charge is 2.71. The van der Waals surface area contributed by atoms with Crippen LogP contribution in [0.15, 0.2) is 52.1 Å². The molecule has 2 saturated carbocycles. The number of oxime groups is 1. The topological polar surface area (TPSA) is 67.8 Å². The van der Waals surface area contributed by atoms with Crippen molar-refractivity contribution >= 4 is 62.4 Å². The number of fused-ring (bicyclic) bond motifs is 2. The summed E-state index contributed by atoms with van der Waals surface area (Å²) >= 11 is 15.6. The summed E-state index contributed by atoms with van der Waals surface area (Å²) in [6, 6.07) is 12.0. The Balaban J connectivity index is 1.61. The first kappa shape index (κ1) is 23.3. The lowest BCUT2D eigenvalue weighted by Gasteiger charge is -2.39. The van der Waals surface area contributed by atoms with Crippen LogP contribution in [0, 0.1) is 16.2 Å². The van der Waals surface area contributed by atoms with Crippen molar-refractivity contribution in [3.63, 3.8) is 0 Å². The molecule has 5 nitrogen and oxygen atoms in total. The molecule has 2 aliphatic carbocycles. The highest BCUT2D eigenvalue weighted by atomic mass is 79.9. The van der Waals surface area contributed by atoms with E-state index < -0.39 is 16.8 Å². The van der Waals surface area contributed by atoms with Gasteiger partial charge in [-0.05, 0) is 64.5 Å². The molecule has 2 aromatic rings. The van der Waals surface area contributed by atoms with Gasteiger partial charge < -0.3 is 10.2 Å². The third-order valence-corrected chi connectivity index (χ3v) is 8.75. The zero-order valence-electron chi connectivity index (χ0n) is 18.0. The summed E-state index contributed by atoms with van der Waals surface area (Å²) < 4.78 is 0.640. The molecule has 8 heteroatoms. The first-order valence-corrected chi connectivity index (χ1v) is 11.9. The van der Waals surface area contributed by atoms with Crippen molar-refractivity contribution in [2.75, 3.05) is 5.32 Å². The van der Waals surface area contributed by atoms with Crippen molar-refractivity contribution < 1.29 is 14.4 Å². The van der Waals surface area contributed by atoms with Crippen LogP contribution in [0.4, 0.5) is 5.69 Å². The van der Waals surface area contributed by atoms with Crippen LogP contribution in [0.3, 0.4) is 0 Å². The Labute approximate surface area is 205 Å². The molecule has 1 N–H and O–H groups in total. The molecule has 0 radical (unpaired) electrons. The van der Waals surface area contributed by atoms with Gasteiger partial charge in [0.25, 0.3) is 0 Å². The molecule has 4 rings (SSSR count). The largest absolute Gasteiger partial charge is 0.366 e. The molecule has 0 heterocycles. The third-order valence-electron chi connectivity index (χ3n) is 7.62. The van der Waals surface area contributed by atoms with Crippen LogP contribution in [-0.2, 0) is 9.63 Å². The molecule has 32 heavy (non-hydrogen) atoms. The Morgan fingerprint density at radius 3 is 2.38 bits per heavy atom. The zero-order chi connectivity index (χ0) is 23.3. The second-order valence-electron chi connectivity index (χ2n) is 9.22. The molecule has 2 aromatic carbocycles. The van der Waals surface area contributed by atoms with E-state index in [1.165, 1.54) is 0 Å². The lowest BCUT2D eigenvalue weighted by Crippen LogP contribution is -2.43.